The fourth-order valence-corrected chi connectivity index (χ4v) is 5.21. The Balaban J connectivity index is 1.69. The predicted octanol–water partition coefficient (Wildman–Crippen LogP) is 5.69. The summed E-state index contributed by atoms with van der Waals surface area (Å²) >= 11 is 3.41. The van der Waals surface area contributed by atoms with Crippen molar-refractivity contribution in [2.75, 3.05) is 6.61 Å². The Morgan fingerprint density at radius 2 is 1.53 bits per heavy atom. The van der Waals surface area contributed by atoms with Gasteiger partial charge in [-0.25, -0.2) is 9.28 Å². The largest absolute Gasteiger partial charge is 0.514 e. The Morgan fingerprint density at radius 3 is 2.03 bits per heavy atom. The van der Waals surface area contributed by atoms with E-state index in [-0.39, 0.29) is 16.3 Å². The van der Waals surface area contributed by atoms with Crippen LogP contribution in [0.5, 0.6) is 0 Å². The fraction of sp³-hybridized carbons (Fsp3) is 0.400. The highest BCUT2D eigenvalue weighted by atomic mass is 79.9. The smallest absolute Gasteiger partial charge is 0.453 e. The van der Waals surface area contributed by atoms with Crippen LogP contribution in [0.2, 0.25) is 0 Å². The number of carboxylic acid groups (broad SMARTS) is 1. The molecule has 2 aromatic rings. The Kier molecular flexibility index (Phi) is 6.91. The van der Waals surface area contributed by atoms with Gasteiger partial charge in [-0.3, -0.25) is 4.79 Å². The van der Waals surface area contributed by atoms with Gasteiger partial charge in [0.2, 0.25) is 0 Å². The zero-order chi connectivity index (χ0) is 23.7. The molecule has 32 heavy (non-hydrogen) atoms. The molecule has 1 fully saturated rings. The van der Waals surface area contributed by atoms with Crippen LogP contribution in [0, 0.1) is 0 Å². The molecule has 1 amide bonds. The van der Waals surface area contributed by atoms with E-state index in [2.05, 4.69) is 15.9 Å². The summed E-state index contributed by atoms with van der Waals surface area (Å²) in [6.45, 7) is 6.90. The Hall–Kier alpha value is -2.51. The van der Waals surface area contributed by atoms with Crippen molar-refractivity contribution in [2.45, 2.75) is 58.2 Å². The second-order valence-corrected chi connectivity index (χ2v) is 10.2. The lowest BCUT2D eigenvalue weighted by molar-refractivity contribution is -0.927. The predicted molar refractivity (Wildman–Crippen MR) is 125 cm³/mol. The standard InChI is InChI=1S/C25H28BrNO5/c1-16-5-14-21(27(16,24(30)31)25(2,3)4)23(29)32-15-22(28)19-8-6-17(7-9-19)18-10-12-20(26)13-11-18/h6-13,16,21H,5,14-15H2,1-4H3/p+1/t16-,21-,27?/m0/s1. The average Bonchev–Trinajstić information content (AvgIpc) is 3.11. The van der Waals surface area contributed by atoms with Crippen molar-refractivity contribution in [2.24, 2.45) is 0 Å². The first kappa shape index (κ1) is 24.1. The maximum atomic E-state index is 12.9. The van der Waals surface area contributed by atoms with Crippen LogP contribution in [0.1, 0.15) is 50.9 Å². The van der Waals surface area contributed by atoms with Gasteiger partial charge in [0.05, 0.1) is 6.04 Å². The van der Waals surface area contributed by atoms with E-state index in [1.165, 1.54) is 0 Å². The number of Topliss-reactive ketones (excluding diaryl/α,β-unsaturated/α-hetero) is 1. The van der Waals surface area contributed by atoms with Gasteiger partial charge in [-0.15, -0.1) is 0 Å². The molecule has 7 heteroatoms. The summed E-state index contributed by atoms with van der Waals surface area (Å²) in [7, 11) is 0. The molecular formula is C25H29BrNO5+. The molecule has 0 saturated carbocycles. The molecule has 6 nitrogen and oxygen atoms in total. The molecule has 3 atom stereocenters. The van der Waals surface area contributed by atoms with Crippen LogP contribution in [-0.2, 0) is 9.53 Å². The average molecular weight is 503 g/mol. The van der Waals surface area contributed by atoms with E-state index in [9.17, 15) is 19.5 Å². The number of benzene rings is 2. The van der Waals surface area contributed by atoms with Crippen molar-refractivity contribution in [3.05, 3.63) is 58.6 Å². The van der Waals surface area contributed by atoms with Gasteiger partial charge in [-0.2, -0.15) is 4.79 Å². The van der Waals surface area contributed by atoms with Gasteiger partial charge in [0.1, 0.15) is 5.54 Å². The Bertz CT molecular complexity index is 1010. The second kappa shape index (κ2) is 9.16. The number of rotatable bonds is 5. The van der Waals surface area contributed by atoms with E-state index in [4.69, 9.17) is 4.74 Å². The van der Waals surface area contributed by atoms with Crippen molar-refractivity contribution in [1.82, 2.24) is 0 Å². The molecule has 1 unspecified atom stereocenters. The maximum absolute atomic E-state index is 12.9. The van der Waals surface area contributed by atoms with Crippen molar-refractivity contribution in [3.63, 3.8) is 0 Å². The minimum Gasteiger partial charge on any atom is -0.453 e. The van der Waals surface area contributed by atoms with Crippen molar-refractivity contribution in [1.29, 1.82) is 0 Å². The van der Waals surface area contributed by atoms with Crippen LogP contribution in [-0.4, -0.2) is 51.7 Å². The van der Waals surface area contributed by atoms with Crippen LogP contribution in [0.15, 0.2) is 53.0 Å². The molecule has 0 bridgehead atoms. The van der Waals surface area contributed by atoms with Crippen molar-refractivity contribution >= 4 is 33.8 Å². The quantitative estimate of drug-likeness (QED) is 0.322. The van der Waals surface area contributed by atoms with Crippen LogP contribution < -0.4 is 0 Å². The van der Waals surface area contributed by atoms with Gasteiger partial charge in [0, 0.05) is 22.9 Å². The van der Waals surface area contributed by atoms with E-state index in [1.54, 1.807) is 12.1 Å². The van der Waals surface area contributed by atoms with Crippen LogP contribution in [0.3, 0.4) is 0 Å². The summed E-state index contributed by atoms with van der Waals surface area (Å²) in [5.74, 6) is -0.956. The number of likely N-dealkylation sites (tertiary alicyclic amines) is 1. The first-order chi connectivity index (χ1) is 15.0. The van der Waals surface area contributed by atoms with Crippen molar-refractivity contribution < 1.29 is 28.7 Å². The molecule has 0 radical (unpaired) electrons. The molecule has 170 valence electrons. The highest BCUT2D eigenvalue weighted by molar-refractivity contribution is 9.10. The number of hydrogen-bond donors (Lipinski definition) is 1. The van der Waals surface area contributed by atoms with Gasteiger partial charge in [0.15, 0.2) is 18.4 Å². The third-order valence-electron chi connectivity index (χ3n) is 6.47. The van der Waals surface area contributed by atoms with E-state index < -0.39 is 30.3 Å². The molecule has 1 aliphatic heterocycles. The normalized spacial score (nSPS) is 23.0. The third kappa shape index (κ3) is 4.36. The first-order valence-corrected chi connectivity index (χ1v) is 11.5. The lowest BCUT2D eigenvalue weighted by Crippen LogP contribution is -2.70. The minimum atomic E-state index is -1.04. The fourth-order valence-electron chi connectivity index (χ4n) is 4.94. The summed E-state index contributed by atoms with van der Waals surface area (Å²) in [4.78, 5) is 37.8. The summed E-state index contributed by atoms with van der Waals surface area (Å²) in [5, 5.41) is 10.1. The van der Waals surface area contributed by atoms with Gasteiger partial charge in [-0.1, -0.05) is 52.3 Å². The highest BCUT2D eigenvalue weighted by Crippen LogP contribution is 2.42. The van der Waals surface area contributed by atoms with E-state index in [0.29, 0.717) is 18.4 Å². The lowest BCUT2D eigenvalue weighted by atomic mass is 9.98. The number of nitrogens with zero attached hydrogens (tertiary/aromatic N) is 1. The van der Waals surface area contributed by atoms with Crippen LogP contribution in [0.4, 0.5) is 4.79 Å². The molecule has 0 spiro atoms. The number of carbonyl (C=O) groups is 3. The number of carbonyl (C=O) groups excluding carboxylic acids is 2. The SMILES string of the molecule is C[C@H]1CC[C@@H](C(=O)OCC(=O)c2ccc(-c3ccc(Br)cc3)cc2)[N+]1(C(=O)O)C(C)(C)C. The molecule has 2 aromatic carbocycles. The molecular weight excluding hydrogens is 474 g/mol. The van der Waals surface area contributed by atoms with Crippen LogP contribution >= 0.6 is 15.9 Å². The molecule has 0 aliphatic carbocycles. The van der Waals surface area contributed by atoms with E-state index in [0.717, 1.165) is 15.6 Å². The number of esters is 1. The Labute approximate surface area is 196 Å². The van der Waals surface area contributed by atoms with Gasteiger partial charge in [0.25, 0.3) is 0 Å². The number of quaternary nitrogens is 1. The van der Waals surface area contributed by atoms with E-state index >= 15 is 0 Å². The van der Waals surface area contributed by atoms with Crippen LogP contribution in [0.25, 0.3) is 11.1 Å². The monoisotopic (exact) mass is 502 g/mol. The zero-order valence-electron chi connectivity index (χ0n) is 18.8. The van der Waals surface area contributed by atoms with Gasteiger partial charge < -0.3 is 9.84 Å². The minimum absolute atomic E-state index is 0.230. The number of hydrogen-bond acceptors (Lipinski definition) is 4. The summed E-state index contributed by atoms with van der Waals surface area (Å²) < 4.78 is 5.95. The first-order valence-electron chi connectivity index (χ1n) is 10.7. The molecule has 1 saturated heterocycles. The molecule has 3 rings (SSSR count). The number of ether oxygens (including phenoxy) is 1. The van der Waals surface area contributed by atoms with Gasteiger partial charge >= 0.3 is 12.1 Å². The number of halogens is 1. The van der Waals surface area contributed by atoms with Crippen molar-refractivity contribution in [3.8, 4) is 11.1 Å². The maximum Gasteiger partial charge on any atom is 0.514 e. The number of ketones is 1. The number of amides is 1. The highest BCUT2D eigenvalue weighted by Gasteiger charge is 2.63. The lowest BCUT2D eigenvalue weighted by Gasteiger charge is -2.46. The summed E-state index contributed by atoms with van der Waals surface area (Å²) in [6.07, 6.45) is -0.0200. The van der Waals surface area contributed by atoms with Gasteiger partial charge in [-0.05, 0) is 51.0 Å². The summed E-state index contributed by atoms with van der Waals surface area (Å²) in [5.41, 5.74) is 1.74. The summed E-state index contributed by atoms with van der Waals surface area (Å²) in [6, 6.07) is 13.9. The Morgan fingerprint density at radius 1 is 1.00 bits per heavy atom. The zero-order valence-corrected chi connectivity index (χ0v) is 20.4. The molecule has 1 N–H and O–H groups in total. The molecule has 1 aliphatic rings. The second-order valence-electron chi connectivity index (χ2n) is 9.29. The topological polar surface area (TPSA) is 80.7 Å². The molecule has 1 heterocycles. The third-order valence-corrected chi connectivity index (χ3v) is 7.00. The van der Waals surface area contributed by atoms with E-state index in [1.807, 2.05) is 64.1 Å². The molecule has 0 aromatic heterocycles.